The first-order valence-electron chi connectivity index (χ1n) is 4.77. The molecular weight excluding hydrogens is 232 g/mol. The Balaban J connectivity index is 0.00000128. The van der Waals surface area contributed by atoms with Crippen molar-refractivity contribution in [1.29, 1.82) is 0 Å². The third-order valence-electron chi connectivity index (χ3n) is 2.51. The number of rotatable bonds is 1. The lowest BCUT2D eigenvalue weighted by Gasteiger charge is -2.22. The standard InChI is InChI=1S/C10H12N2O3.ClH/c1-6-4-7-8(11)2-3-15-10(7)9(5-6)12(13)14;/h4-5,8H,2-3,11H2,1H3;1H/t8-;/m0./s1. The van der Waals surface area contributed by atoms with Gasteiger partial charge in [-0.3, -0.25) is 10.1 Å². The van der Waals surface area contributed by atoms with E-state index in [-0.39, 0.29) is 24.1 Å². The molecule has 1 aromatic carbocycles. The fourth-order valence-electron chi connectivity index (χ4n) is 1.79. The molecule has 88 valence electrons. The maximum Gasteiger partial charge on any atom is 0.311 e. The molecule has 0 amide bonds. The molecule has 0 saturated heterocycles. The van der Waals surface area contributed by atoms with E-state index in [4.69, 9.17) is 10.5 Å². The molecule has 0 spiro atoms. The van der Waals surface area contributed by atoms with E-state index in [1.807, 2.05) is 13.0 Å². The molecule has 1 aliphatic heterocycles. The van der Waals surface area contributed by atoms with Crippen LogP contribution in [0.4, 0.5) is 5.69 Å². The number of aryl methyl sites for hydroxylation is 1. The minimum Gasteiger partial charge on any atom is -0.487 e. The van der Waals surface area contributed by atoms with Gasteiger partial charge >= 0.3 is 5.69 Å². The Morgan fingerprint density at radius 3 is 2.88 bits per heavy atom. The molecule has 2 N–H and O–H groups in total. The number of nitro benzene ring substituents is 1. The van der Waals surface area contributed by atoms with Crippen LogP contribution in [0.5, 0.6) is 5.75 Å². The maximum absolute atomic E-state index is 10.8. The summed E-state index contributed by atoms with van der Waals surface area (Å²) in [6, 6.07) is 3.20. The Morgan fingerprint density at radius 2 is 2.25 bits per heavy atom. The quantitative estimate of drug-likeness (QED) is 0.606. The van der Waals surface area contributed by atoms with Crippen molar-refractivity contribution in [2.45, 2.75) is 19.4 Å². The van der Waals surface area contributed by atoms with E-state index in [0.717, 1.165) is 11.1 Å². The van der Waals surface area contributed by atoms with Crippen LogP contribution in [0.15, 0.2) is 12.1 Å². The highest BCUT2D eigenvalue weighted by atomic mass is 35.5. The monoisotopic (exact) mass is 244 g/mol. The maximum atomic E-state index is 10.8. The van der Waals surface area contributed by atoms with Crippen LogP contribution in [0.3, 0.4) is 0 Å². The van der Waals surface area contributed by atoms with Gasteiger partial charge in [0.25, 0.3) is 0 Å². The van der Waals surface area contributed by atoms with Crippen molar-refractivity contribution in [1.82, 2.24) is 0 Å². The number of hydrogen-bond donors (Lipinski definition) is 1. The number of halogens is 1. The summed E-state index contributed by atoms with van der Waals surface area (Å²) in [5.41, 5.74) is 7.47. The highest BCUT2D eigenvalue weighted by Gasteiger charge is 2.26. The Morgan fingerprint density at radius 1 is 1.56 bits per heavy atom. The molecule has 1 atom stereocenters. The third kappa shape index (κ3) is 2.10. The van der Waals surface area contributed by atoms with Crippen molar-refractivity contribution < 1.29 is 9.66 Å². The molecule has 1 aliphatic rings. The van der Waals surface area contributed by atoms with E-state index in [2.05, 4.69) is 0 Å². The van der Waals surface area contributed by atoms with Crippen LogP contribution in [-0.2, 0) is 0 Å². The highest BCUT2D eigenvalue weighted by Crippen LogP contribution is 2.39. The van der Waals surface area contributed by atoms with Crippen LogP contribution in [0, 0.1) is 17.0 Å². The number of benzene rings is 1. The van der Waals surface area contributed by atoms with Crippen LogP contribution in [0.25, 0.3) is 0 Å². The summed E-state index contributed by atoms with van der Waals surface area (Å²) in [5, 5.41) is 10.8. The van der Waals surface area contributed by atoms with Crippen molar-refractivity contribution in [3.63, 3.8) is 0 Å². The molecule has 2 rings (SSSR count). The van der Waals surface area contributed by atoms with Crippen molar-refractivity contribution >= 4 is 18.1 Å². The molecule has 5 nitrogen and oxygen atoms in total. The second-order valence-electron chi connectivity index (χ2n) is 3.70. The zero-order chi connectivity index (χ0) is 11.0. The summed E-state index contributed by atoms with van der Waals surface area (Å²) in [7, 11) is 0. The lowest BCUT2D eigenvalue weighted by atomic mass is 9.98. The van der Waals surface area contributed by atoms with Crippen molar-refractivity contribution in [3.8, 4) is 5.75 Å². The summed E-state index contributed by atoms with van der Waals surface area (Å²) in [5.74, 6) is 0.337. The first kappa shape index (κ1) is 12.7. The summed E-state index contributed by atoms with van der Waals surface area (Å²) in [6.07, 6.45) is 0.702. The second kappa shape index (κ2) is 4.67. The smallest absolute Gasteiger partial charge is 0.311 e. The fraction of sp³-hybridized carbons (Fsp3) is 0.400. The number of nitro groups is 1. The number of ether oxygens (including phenoxy) is 1. The van der Waals surface area contributed by atoms with Gasteiger partial charge in [0.05, 0.1) is 11.5 Å². The van der Waals surface area contributed by atoms with Crippen molar-refractivity contribution in [2.75, 3.05) is 6.61 Å². The molecule has 1 heterocycles. The predicted molar refractivity (Wildman–Crippen MR) is 62.1 cm³/mol. The molecule has 0 saturated carbocycles. The Bertz CT molecular complexity index is 423. The summed E-state index contributed by atoms with van der Waals surface area (Å²) in [6.45, 7) is 2.26. The number of nitrogens with two attached hydrogens (primary N) is 1. The number of nitrogens with zero attached hydrogens (tertiary/aromatic N) is 1. The van der Waals surface area contributed by atoms with E-state index in [1.165, 1.54) is 6.07 Å². The Labute approximate surface area is 99.1 Å². The lowest BCUT2D eigenvalue weighted by Crippen LogP contribution is -2.21. The van der Waals surface area contributed by atoms with Gasteiger partial charge < -0.3 is 10.5 Å². The number of fused-ring (bicyclic) bond motifs is 1. The molecule has 0 aromatic heterocycles. The van der Waals surface area contributed by atoms with Crippen LogP contribution >= 0.6 is 12.4 Å². The average molecular weight is 245 g/mol. The van der Waals surface area contributed by atoms with Crippen molar-refractivity contribution in [2.24, 2.45) is 5.73 Å². The predicted octanol–water partition coefficient (Wildman–Crippen LogP) is 2.11. The van der Waals surface area contributed by atoms with Gasteiger partial charge in [-0.15, -0.1) is 12.4 Å². The molecule has 6 heteroatoms. The van der Waals surface area contributed by atoms with Crippen molar-refractivity contribution in [3.05, 3.63) is 33.4 Å². The largest absolute Gasteiger partial charge is 0.487 e. The van der Waals surface area contributed by atoms with Gasteiger partial charge in [-0.25, -0.2) is 0 Å². The third-order valence-corrected chi connectivity index (χ3v) is 2.51. The lowest BCUT2D eigenvalue weighted by molar-refractivity contribution is -0.386. The highest BCUT2D eigenvalue weighted by molar-refractivity contribution is 5.85. The van der Waals surface area contributed by atoms with Gasteiger partial charge in [0.15, 0.2) is 0 Å². The molecule has 0 aliphatic carbocycles. The second-order valence-corrected chi connectivity index (χ2v) is 3.70. The first-order chi connectivity index (χ1) is 7.09. The molecule has 1 aromatic rings. The molecule has 16 heavy (non-hydrogen) atoms. The van der Waals surface area contributed by atoms with E-state index < -0.39 is 4.92 Å². The zero-order valence-corrected chi connectivity index (χ0v) is 9.62. The zero-order valence-electron chi connectivity index (χ0n) is 8.80. The van der Waals surface area contributed by atoms with Gasteiger partial charge in [0.1, 0.15) is 0 Å². The average Bonchev–Trinajstić information content (AvgIpc) is 2.18. The SMILES string of the molecule is Cc1cc2c(c([N+](=O)[O-])c1)OCC[C@@H]2N.Cl. The van der Waals surface area contributed by atoms with E-state index in [9.17, 15) is 10.1 Å². The molecule has 0 fully saturated rings. The minimum absolute atomic E-state index is 0. The van der Waals surface area contributed by atoms with Gasteiger partial charge in [0, 0.05) is 24.1 Å². The summed E-state index contributed by atoms with van der Waals surface area (Å²) >= 11 is 0. The van der Waals surface area contributed by atoms with Crippen LogP contribution in [0.1, 0.15) is 23.6 Å². The normalized spacial score (nSPS) is 18.0. The molecule has 0 bridgehead atoms. The van der Waals surface area contributed by atoms with Gasteiger partial charge in [-0.1, -0.05) is 6.07 Å². The molecule has 0 radical (unpaired) electrons. The van der Waals surface area contributed by atoms with Gasteiger partial charge in [-0.05, 0) is 12.5 Å². The Hall–Kier alpha value is -1.33. The molecule has 0 unspecified atom stereocenters. The van der Waals surface area contributed by atoms with E-state index in [1.54, 1.807) is 0 Å². The summed E-state index contributed by atoms with van der Waals surface area (Å²) < 4.78 is 5.32. The first-order valence-corrected chi connectivity index (χ1v) is 4.77. The van der Waals surface area contributed by atoms with Crippen LogP contribution < -0.4 is 10.5 Å². The van der Waals surface area contributed by atoms with E-state index >= 15 is 0 Å². The fourth-order valence-corrected chi connectivity index (χ4v) is 1.79. The van der Waals surface area contributed by atoms with Gasteiger partial charge in [0.2, 0.25) is 5.75 Å². The van der Waals surface area contributed by atoms with Crippen LogP contribution in [0.2, 0.25) is 0 Å². The molecular formula is C10H13ClN2O3. The van der Waals surface area contributed by atoms with Gasteiger partial charge in [-0.2, -0.15) is 0 Å². The Kier molecular flexibility index (Phi) is 3.72. The number of hydrogen-bond acceptors (Lipinski definition) is 4. The summed E-state index contributed by atoms with van der Waals surface area (Å²) in [4.78, 5) is 10.4. The minimum atomic E-state index is -0.427. The van der Waals surface area contributed by atoms with Crippen LogP contribution in [-0.4, -0.2) is 11.5 Å². The topological polar surface area (TPSA) is 78.4 Å². The van der Waals surface area contributed by atoms with E-state index in [0.29, 0.717) is 18.8 Å².